The molecule has 0 saturated heterocycles. The first-order valence-corrected chi connectivity index (χ1v) is 13.7. The summed E-state index contributed by atoms with van der Waals surface area (Å²) in [7, 11) is -3.84. The lowest BCUT2D eigenvalue weighted by atomic mass is 10.0. The highest BCUT2D eigenvalue weighted by Crippen LogP contribution is 2.29. The third kappa shape index (κ3) is 7.78. The van der Waals surface area contributed by atoms with Crippen molar-refractivity contribution in [1.82, 2.24) is 10.2 Å². The molecule has 0 aromatic heterocycles. The lowest BCUT2D eigenvalue weighted by Crippen LogP contribution is -2.51. The molecule has 1 atom stereocenters. The van der Waals surface area contributed by atoms with E-state index in [1.54, 1.807) is 37.3 Å². The molecule has 0 aliphatic rings. The van der Waals surface area contributed by atoms with E-state index in [1.807, 2.05) is 32.9 Å². The quantitative estimate of drug-likeness (QED) is 0.441. The molecule has 1 N–H and O–H groups in total. The van der Waals surface area contributed by atoms with E-state index >= 15 is 0 Å². The van der Waals surface area contributed by atoms with E-state index in [0.29, 0.717) is 12.2 Å². The number of amides is 2. The van der Waals surface area contributed by atoms with E-state index in [4.69, 9.17) is 0 Å². The van der Waals surface area contributed by atoms with Crippen LogP contribution >= 0.6 is 0 Å². The van der Waals surface area contributed by atoms with Gasteiger partial charge in [-0.25, -0.2) is 12.8 Å². The van der Waals surface area contributed by atoms with Gasteiger partial charge in [0.25, 0.3) is 0 Å². The topological polar surface area (TPSA) is 86.8 Å². The standard InChI is InChI=1S/C26H36FN3O4S/c1-6-7-16-28-26(32)20(4)29(17-21-12-8-10-14-23(21)27)25(31)18-30(35(5,33)34)24-15-11-9-13-22(24)19(2)3/h8-15,19-20H,6-7,16-18H2,1-5H3,(H,28,32). The third-order valence-corrected chi connectivity index (χ3v) is 6.93. The highest BCUT2D eigenvalue weighted by atomic mass is 32.2. The van der Waals surface area contributed by atoms with Crippen molar-refractivity contribution in [3.05, 3.63) is 65.5 Å². The molecule has 0 aliphatic heterocycles. The van der Waals surface area contributed by atoms with Crippen LogP contribution in [0.5, 0.6) is 0 Å². The zero-order chi connectivity index (χ0) is 26.2. The number of nitrogens with zero attached hydrogens (tertiary/aromatic N) is 2. The predicted octanol–water partition coefficient (Wildman–Crippen LogP) is 4.05. The summed E-state index contributed by atoms with van der Waals surface area (Å²) >= 11 is 0. The molecule has 0 aliphatic carbocycles. The summed E-state index contributed by atoms with van der Waals surface area (Å²) in [5.74, 6) is -1.47. The summed E-state index contributed by atoms with van der Waals surface area (Å²) in [6, 6.07) is 12.1. The van der Waals surface area contributed by atoms with Gasteiger partial charge in [-0.15, -0.1) is 0 Å². The predicted molar refractivity (Wildman–Crippen MR) is 137 cm³/mol. The molecular formula is C26H36FN3O4S. The molecular weight excluding hydrogens is 469 g/mol. The van der Waals surface area contributed by atoms with Gasteiger partial charge >= 0.3 is 0 Å². The average molecular weight is 506 g/mol. The fourth-order valence-corrected chi connectivity index (χ4v) is 4.59. The number of hydrogen-bond donors (Lipinski definition) is 1. The lowest BCUT2D eigenvalue weighted by molar-refractivity contribution is -0.139. The molecule has 0 heterocycles. The van der Waals surface area contributed by atoms with Crippen LogP contribution in [0.15, 0.2) is 48.5 Å². The monoisotopic (exact) mass is 505 g/mol. The molecule has 2 aromatic carbocycles. The minimum Gasteiger partial charge on any atom is -0.354 e. The summed E-state index contributed by atoms with van der Waals surface area (Å²) < 4.78 is 41.0. The molecule has 2 aromatic rings. The molecule has 35 heavy (non-hydrogen) atoms. The second kappa shape index (κ2) is 12.7. The van der Waals surface area contributed by atoms with E-state index in [-0.39, 0.29) is 23.9 Å². The smallest absolute Gasteiger partial charge is 0.244 e. The van der Waals surface area contributed by atoms with Crippen LogP contribution in [0.2, 0.25) is 0 Å². The van der Waals surface area contributed by atoms with Gasteiger partial charge in [-0.2, -0.15) is 0 Å². The Bertz CT molecular complexity index is 1120. The maximum absolute atomic E-state index is 14.4. The fraction of sp³-hybridized carbons (Fsp3) is 0.462. The summed E-state index contributed by atoms with van der Waals surface area (Å²) in [5, 5.41) is 2.80. The summed E-state index contributed by atoms with van der Waals surface area (Å²) in [6.45, 7) is 7.22. The summed E-state index contributed by atoms with van der Waals surface area (Å²) in [5.41, 5.74) is 1.42. The third-order valence-electron chi connectivity index (χ3n) is 5.80. The summed E-state index contributed by atoms with van der Waals surface area (Å²) in [6.07, 6.45) is 2.72. The number of benzene rings is 2. The van der Waals surface area contributed by atoms with Crippen molar-refractivity contribution >= 4 is 27.5 Å². The molecule has 0 spiro atoms. The molecule has 7 nitrogen and oxygen atoms in total. The van der Waals surface area contributed by atoms with Crippen molar-refractivity contribution in [2.45, 2.75) is 59.0 Å². The van der Waals surface area contributed by atoms with Crippen LogP contribution in [-0.2, 0) is 26.2 Å². The van der Waals surface area contributed by atoms with Crippen LogP contribution in [0.1, 0.15) is 57.6 Å². The molecule has 1 unspecified atom stereocenters. The minimum atomic E-state index is -3.84. The Kier molecular flexibility index (Phi) is 10.2. The second-order valence-electron chi connectivity index (χ2n) is 8.92. The number of para-hydroxylation sites is 1. The van der Waals surface area contributed by atoms with Gasteiger partial charge < -0.3 is 10.2 Å². The van der Waals surface area contributed by atoms with Crippen LogP contribution in [0.25, 0.3) is 0 Å². The number of carbonyl (C=O) groups is 2. The molecule has 0 saturated carbocycles. The summed E-state index contributed by atoms with van der Waals surface area (Å²) in [4.78, 5) is 27.6. The number of anilines is 1. The van der Waals surface area contributed by atoms with Gasteiger partial charge in [-0.3, -0.25) is 13.9 Å². The largest absolute Gasteiger partial charge is 0.354 e. The van der Waals surface area contributed by atoms with Gasteiger partial charge in [0, 0.05) is 18.7 Å². The number of carbonyl (C=O) groups excluding carboxylic acids is 2. The number of sulfonamides is 1. The molecule has 2 amide bonds. The van der Waals surface area contributed by atoms with Crippen molar-refractivity contribution in [1.29, 1.82) is 0 Å². The first-order chi connectivity index (χ1) is 16.5. The van der Waals surface area contributed by atoms with Crippen LogP contribution < -0.4 is 9.62 Å². The Hall–Kier alpha value is -2.94. The fourth-order valence-electron chi connectivity index (χ4n) is 3.73. The lowest BCUT2D eigenvalue weighted by Gasteiger charge is -2.32. The van der Waals surface area contributed by atoms with E-state index in [2.05, 4.69) is 5.32 Å². The Morgan fingerprint density at radius 2 is 1.66 bits per heavy atom. The number of unbranched alkanes of at least 4 members (excludes halogenated alkanes) is 1. The molecule has 0 fully saturated rings. The normalized spacial score (nSPS) is 12.3. The average Bonchev–Trinajstić information content (AvgIpc) is 2.80. The van der Waals surface area contributed by atoms with Gasteiger partial charge in [0.2, 0.25) is 21.8 Å². The van der Waals surface area contributed by atoms with Gasteiger partial charge in [0.1, 0.15) is 18.4 Å². The van der Waals surface area contributed by atoms with Crippen LogP contribution in [0.4, 0.5) is 10.1 Å². The zero-order valence-corrected chi connectivity index (χ0v) is 21.9. The van der Waals surface area contributed by atoms with Crippen molar-refractivity contribution in [3.8, 4) is 0 Å². The van der Waals surface area contributed by atoms with Crippen molar-refractivity contribution in [3.63, 3.8) is 0 Å². The minimum absolute atomic E-state index is 0.0170. The Labute approximate surface area is 208 Å². The van der Waals surface area contributed by atoms with E-state index < -0.39 is 34.3 Å². The number of hydrogen-bond acceptors (Lipinski definition) is 4. The molecule has 0 bridgehead atoms. The van der Waals surface area contributed by atoms with E-state index in [0.717, 1.165) is 29.0 Å². The Morgan fingerprint density at radius 1 is 1.03 bits per heavy atom. The van der Waals surface area contributed by atoms with Gasteiger partial charge in [0.15, 0.2) is 0 Å². The number of rotatable bonds is 12. The van der Waals surface area contributed by atoms with Crippen molar-refractivity contribution < 1.29 is 22.4 Å². The van der Waals surface area contributed by atoms with Crippen LogP contribution in [-0.4, -0.2) is 50.5 Å². The van der Waals surface area contributed by atoms with Crippen molar-refractivity contribution in [2.75, 3.05) is 23.7 Å². The number of halogens is 1. The van der Waals surface area contributed by atoms with Gasteiger partial charge in [-0.05, 0) is 37.0 Å². The van der Waals surface area contributed by atoms with E-state index in [1.165, 1.54) is 11.0 Å². The molecule has 0 radical (unpaired) electrons. The maximum atomic E-state index is 14.4. The maximum Gasteiger partial charge on any atom is 0.244 e. The first-order valence-electron chi connectivity index (χ1n) is 11.8. The van der Waals surface area contributed by atoms with Gasteiger partial charge in [-0.1, -0.05) is 63.6 Å². The molecule has 192 valence electrons. The van der Waals surface area contributed by atoms with Crippen LogP contribution in [0, 0.1) is 5.82 Å². The van der Waals surface area contributed by atoms with E-state index in [9.17, 15) is 22.4 Å². The SMILES string of the molecule is CCCCNC(=O)C(C)N(Cc1ccccc1F)C(=O)CN(c1ccccc1C(C)C)S(C)(=O)=O. The zero-order valence-electron chi connectivity index (χ0n) is 21.1. The number of nitrogens with one attached hydrogen (secondary N) is 1. The highest BCUT2D eigenvalue weighted by Gasteiger charge is 2.31. The first kappa shape index (κ1) is 28.3. The van der Waals surface area contributed by atoms with Gasteiger partial charge in [0.05, 0.1) is 11.9 Å². The molecule has 2 rings (SSSR count). The van der Waals surface area contributed by atoms with Crippen LogP contribution in [0.3, 0.4) is 0 Å². The van der Waals surface area contributed by atoms with Crippen molar-refractivity contribution in [2.24, 2.45) is 0 Å². The highest BCUT2D eigenvalue weighted by molar-refractivity contribution is 7.92. The Morgan fingerprint density at radius 3 is 2.26 bits per heavy atom. The molecule has 9 heteroatoms. The Balaban J connectivity index is 2.43. The second-order valence-corrected chi connectivity index (χ2v) is 10.8.